The monoisotopic (exact) mass is 365 g/mol. The van der Waals surface area contributed by atoms with E-state index in [-0.39, 0.29) is 23.7 Å². The van der Waals surface area contributed by atoms with E-state index in [1.807, 2.05) is 36.4 Å². The average Bonchev–Trinajstić information content (AvgIpc) is 2.73. The van der Waals surface area contributed by atoms with Crippen molar-refractivity contribution in [1.82, 2.24) is 10.3 Å². The van der Waals surface area contributed by atoms with E-state index in [0.29, 0.717) is 6.54 Å². The molecule has 1 aliphatic rings. The summed E-state index contributed by atoms with van der Waals surface area (Å²) in [6.45, 7) is 2.58. The van der Waals surface area contributed by atoms with Crippen LogP contribution in [0.1, 0.15) is 43.7 Å². The number of carbonyl (C=O) groups is 2. The van der Waals surface area contributed by atoms with Crippen molar-refractivity contribution in [1.29, 1.82) is 0 Å². The van der Waals surface area contributed by atoms with Gasteiger partial charge in [-0.1, -0.05) is 31.2 Å². The number of hydrogen-bond acceptors (Lipinski definition) is 3. The van der Waals surface area contributed by atoms with Gasteiger partial charge in [-0.15, -0.1) is 0 Å². The number of para-hydroxylation sites is 1. The van der Waals surface area contributed by atoms with Gasteiger partial charge in [-0.3, -0.25) is 14.6 Å². The zero-order valence-corrected chi connectivity index (χ0v) is 15.8. The number of pyridine rings is 1. The third-order valence-electron chi connectivity index (χ3n) is 5.31. The van der Waals surface area contributed by atoms with Crippen molar-refractivity contribution in [3.05, 3.63) is 59.9 Å². The lowest BCUT2D eigenvalue weighted by Crippen LogP contribution is -2.35. The summed E-state index contributed by atoms with van der Waals surface area (Å²) in [7, 11) is 0. The third-order valence-corrected chi connectivity index (χ3v) is 5.31. The van der Waals surface area contributed by atoms with Crippen LogP contribution in [0.25, 0.3) is 0 Å². The van der Waals surface area contributed by atoms with Crippen LogP contribution >= 0.6 is 0 Å². The molecule has 5 nitrogen and oxygen atoms in total. The molecule has 1 aliphatic carbocycles. The maximum Gasteiger partial charge on any atom is 0.227 e. The van der Waals surface area contributed by atoms with Crippen LogP contribution in [0.2, 0.25) is 0 Å². The Morgan fingerprint density at radius 3 is 2.37 bits per heavy atom. The molecular weight excluding hydrogens is 338 g/mol. The molecule has 0 bridgehead atoms. The zero-order valence-electron chi connectivity index (χ0n) is 15.8. The highest BCUT2D eigenvalue weighted by molar-refractivity contribution is 5.93. The molecule has 0 atom stereocenters. The first kappa shape index (κ1) is 19.1. The molecule has 0 spiro atoms. The number of hydrogen-bond donors (Lipinski definition) is 2. The topological polar surface area (TPSA) is 71.1 Å². The highest BCUT2D eigenvalue weighted by atomic mass is 16.2. The van der Waals surface area contributed by atoms with Gasteiger partial charge in [0.25, 0.3) is 0 Å². The van der Waals surface area contributed by atoms with E-state index in [1.54, 1.807) is 12.4 Å². The fourth-order valence-corrected chi connectivity index (χ4v) is 3.64. The summed E-state index contributed by atoms with van der Waals surface area (Å²) in [4.78, 5) is 29.1. The average molecular weight is 365 g/mol. The molecule has 1 fully saturated rings. The molecule has 2 amide bonds. The second kappa shape index (κ2) is 9.31. The van der Waals surface area contributed by atoms with Crippen molar-refractivity contribution in [3.8, 4) is 0 Å². The summed E-state index contributed by atoms with van der Waals surface area (Å²) in [5.41, 5.74) is 3.05. The number of aromatic nitrogens is 1. The number of rotatable bonds is 6. The van der Waals surface area contributed by atoms with E-state index in [2.05, 4.69) is 22.5 Å². The quantitative estimate of drug-likeness (QED) is 0.820. The van der Waals surface area contributed by atoms with Crippen molar-refractivity contribution in [2.45, 2.75) is 45.6 Å². The molecule has 1 aromatic heterocycles. The molecule has 0 radical (unpaired) electrons. The maximum atomic E-state index is 12.6. The van der Waals surface area contributed by atoms with E-state index in [0.717, 1.165) is 48.9 Å². The lowest BCUT2D eigenvalue weighted by Gasteiger charge is -2.27. The summed E-state index contributed by atoms with van der Waals surface area (Å²) in [5, 5.41) is 6.06. The highest BCUT2D eigenvalue weighted by Crippen LogP contribution is 2.30. The van der Waals surface area contributed by atoms with Gasteiger partial charge in [0.05, 0.1) is 0 Å². The van der Waals surface area contributed by atoms with Crippen LogP contribution < -0.4 is 10.6 Å². The molecule has 2 N–H and O–H groups in total. The molecule has 1 saturated carbocycles. The summed E-state index contributed by atoms with van der Waals surface area (Å²) in [6.07, 6.45) is 7.39. The summed E-state index contributed by atoms with van der Waals surface area (Å²) >= 11 is 0. The van der Waals surface area contributed by atoms with Crippen molar-refractivity contribution in [2.24, 2.45) is 11.8 Å². The molecule has 5 heteroatoms. The van der Waals surface area contributed by atoms with Crippen LogP contribution in [0.5, 0.6) is 0 Å². The van der Waals surface area contributed by atoms with Crippen LogP contribution in [-0.2, 0) is 22.6 Å². The first-order chi connectivity index (χ1) is 13.2. The predicted molar refractivity (Wildman–Crippen MR) is 106 cm³/mol. The van der Waals surface area contributed by atoms with Crippen LogP contribution in [0.15, 0.2) is 48.8 Å². The Kier molecular flexibility index (Phi) is 6.58. The molecule has 0 unspecified atom stereocenters. The minimum Gasteiger partial charge on any atom is -0.352 e. The molecule has 0 aliphatic heterocycles. The molecule has 142 valence electrons. The Morgan fingerprint density at radius 2 is 1.70 bits per heavy atom. The van der Waals surface area contributed by atoms with Crippen molar-refractivity contribution in [3.63, 3.8) is 0 Å². The summed E-state index contributed by atoms with van der Waals surface area (Å²) in [6, 6.07) is 11.7. The summed E-state index contributed by atoms with van der Waals surface area (Å²) < 4.78 is 0. The van der Waals surface area contributed by atoms with E-state index in [4.69, 9.17) is 0 Å². The van der Waals surface area contributed by atoms with E-state index in [9.17, 15) is 9.59 Å². The Bertz CT molecular complexity index is 768. The van der Waals surface area contributed by atoms with Gasteiger partial charge < -0.3 is 10.6 Å². The summed E-state index contributed by atoms with van der Waals surface area (Å²) in [5.74, 6) is 0.130. The molecule has 3 rings (SSSR count). The number of nitrogens with zero attached hydrogens (tertiary/aromatic N) is 1. The molecule has 1 aromatic carbocycles. The fourth-order valence-electron chi connectivity index (χ4n) is 3.64. The first-order valence-corrected chi connectivity index (χ1v) is 9.72. The van der Waals surface area contributed by atoms with Gasteiger partial charge in [0.1, 0.15) is 0 Å². The van der Waals surface area contributed by atoms with Crippen LogP contribution in [0.4, 0.5) is 5.69 Å². The van der Waals surface area contributed by atoms with Gasteiger partial charge >= 0.3 is 0 Å². The second-order valence-electron chi connectivity index (χ2n) is 7.13. The minimum absolute atomic E-state index is 0.00588. The van der Waals surface area contributed by atoms with Gasteiger partial charge in [-0.2, -0.15) is 0 Å². The lowest BCUT2D eigenvalue weighted by atomic mass is 9.81. The number of nitrogens with one attached hydrogen (secondary N) is 2. The van der Waals surface area contributed by atoms with Gasteiger partial charge in [-0.05, 0) is 55.4 Å². The van der Waals surface area contributed by atoms with Gasteiger partial charge in [0, 0.05) is 36.5 Å². The number of anilines is 1. The van der Waals surface area contributed by atoms with Gasteiger partial charge in [-0.25, -0.2) is 0 Å². The van der Waals surface area contributed by atoms with Crippen LogP contribution in [0, 0.1) is 11.8 Å². The van der Waals surface area contributed by atoms with E-state index < -0.39 is 0 Å². The Hall–Kier alpha value is -2.69. The molecule has 2 aromatic rings. The third kappa shape index (κ3) is 5.16. The Balaban J connectivity index is 1.46. The standard InChI is InChI=1S/C22H27N3O2/c1-2-17-7-3-4-8-20(17)25-22(27)19-11-9-18(10-12-19)21(26)24-15-16-6-5-13-23-14-16/h3-8,13-14,18-19H,2,9-12,15H2,1H3,(H,24,26)(H,25,27). The van der Waals surface area contributed by atoms with Crippen molar-refractivity contribution >= 4 is 17.5 Å². The van der Waals surface area contributed by atoms with Gasteiger partial charge in [0.15, 0.2) is 0 Å². The molecule has 27 heavy (non-hydrogen) atoms. The Morgan fingerprint density at radius 1 is 1.00 bits per heavy atom. The van der Waals surface area contributed by atoms with Crippen molar-refractivity contribution < 1.29 is 9.59 Å². The van der Waals surface area contributed by atoms with E-state index in [1.165, 1.54) is 0 Å². The molecule has 1 heterocycles. The number of benzene rings is 1. The predicted octanol–water partition coefficient (Wildman–Crippen LogP) is 3.71. The SMILES string of the molecule is CCc1ccccc1NC(=O)C1CCC(C(=O)NCc2cccnc2)CC1. The fraction of sp³-hybridized carbons (Fsp3) is 0.409. The van der Waals surface area contributed by atoms with Crippen LogP contribution in [-0.4, -0.2) is 16.8 Å². The second-order valence-corrected chi connectivity index (χ2v) is 7.13. The normalized spacial score (nSPS) is 19.3. The first-order valence-electron chi connectivity index (χ1n) is 9.72. The number of aryl methyl sites for hydroxylation is 1. The molecular formula is C22H27N3O2. The zero-order chi connectivity index (χ0) is 19.1. The maximum absolute atomic E-state index is 12.6. The smallest absolute Gasteiger partial charge is 0.227 e. The number of amides is 2. The van der Waals surface area contributed by atoms with E-state index >= 15 is 0 Å². The highest BCUT2D eigenvalue weighted by Gasteiger charge is 2.30. The number of carbonyl (C=O) groups excluding carboxylic acids is 2. The minimum atomic E-state index is -0.0164. The molecule has 0 saturated heterocycles. The Labute approximate surface area is 160 Å². The van der Waals surface area contributed by atoms with Crippen molar-refractivity contribution in [2.75, 3.05) is 5.32 Å². The van der Waals surface area contributed by atoms with Gasteiger partial charge in [0.2, 0.25) is 11.8 Å². The largest absolute Gasteiger partial charge is 0.352 e. The lowest BCUT2D eigenvalue weighted by molar-refractivity contribution is -0.128. The van der Waals surface area contributed by atoms with Crippen LogP contribution in [0.3, 0.4) is 0 Å².